The van der Waals surface area contributed by atoms with E-state index in [1.165, 1.54) is 14.2 Å². The SMILES string of the molecule is CCC(C)n1nccc1NC(=O)c1cc(Cl)c(OC)c(OC)c1. The highest BCUT2D eigenvalue weighted by Crippen LogP contribution is 2.36. The first-order chi connectivity index (χ1) is 11.0. The number of carbonyl (C=O) groups excluding carboxylic acids is 1. The Morgan fingerprint density at radius 3 is 2.74 bits per heavy atom. The van der Waals surface area contributed by atoms with Crippen LogP contribution in [-0.4, -0.2) is 29.9 Å². The maximum absolute atomic E-state index is 12.5. The van der Waals surface area contributed by atoms with Crippen LogP contribution in [0.3, 0.4) is 0 Å². The van der Waals surface area contributed by atoms with Gasteiger partial charge < -0.3 is 14.8 Å². The summed E-state index contributed by atoms with van der Waals surface area (Å²) >= 11 is 6.14. The van der Waals surface area contributed by atoms with E-state index in [0.717, 1.165) is 6.42 Å². The molecule has 1 aromatic carbocycles. The highest BCUT2D eigenvalue weighted by Gasteiger charge is 2.17. The molecule has 0 aliphatic heterocycles. The molecule has 0 aliphatic rings. The number of nitrogens with one attached hydrogen (secondary N) is 1. The Morgan fingerprint density at radius 1 is 1.39 bits per heavy atom. The smallest absolute Gasteiger partial charge is 0.257 e. The second kappa shape index (κ2) is 7.37. The minimum Gasteiger partial charge on any atom is -0.493 e. The van der Waals surface area contributed by atoms with Crippen LogP contribution in [0.25, 0.3) is 0 Å². The van der Waals surface area contributed by atoms with Crippen molar-refractivity contribution in [3.8, 4) is 11.5 Å². The number of hydrogen-bond donors (Lipinski definition) is 1. The van der Waals surface area contributed by atoms with Gasteiger partial charge in [-0.3, -0.25) is 4.79 Å². The molecular weight excluding hydrogens is 318 g/mol. The van der Waals surface area contributed by atoms with Crippen LogP contribution in [0.4, 0.5) is 5.82 Å². The second-order valence-corrected chi connectivity index (χ2v) is 5.47. The molecule has 0 radical (unpaired) electrons. The molecule has 6 nitrogen and oxygen atoms in total. The molecule has 7 heteroatoms. The Balaban J connectivity index is 2.28. The molecule has 1 aromatic heterocycles. The van der Waals surface area contributed by atoms with E-state index >= 15 is 0 Å². The van der Waals surface area contributed by atoms with E-state index < -0.39 is 0 Å². The first-order valence-electron chi connectivity index (χ1n) is 7.28. The normalized spacial score (nSPS) is 11.9. The quantitative estimate of drug-likeness (QED) is 0.871. The molecule has 1 heterocycles. The number of carbonyl (C=O) groups is 1. The standard InChI is InChI=1S/C16H20ClN3O3/c1-5-10(2)20-14(6-7-18-20)19-16(21)11-8-12(17)15(23-4)13(9-11)22-3/h6-10H,5H2,1-4H3,(H,19,21). The number of nitrogens with zero attached hydrogens (tertiary/aromatic N) is 2. The molecule has 0 saturated carbocycles. The fourth-order valence-corrected chi connectivity index (χ4v) is 2.46. The lowest BCUT2D eigenvalue weighted by Crippen LogP contribution is -2.17. The predicted octanol–water partition coefficient (Wildman–Crippen LogP) is 3.78. The average Bonchev–Trinajstić information content (AvgIpc) is 3.01. The van der Waals surface area contributed by atoms with Crippen LogP contribution in [0.2, 0.25) is 5.02 Å². The molecule has 1 unspecified atom stereocenters. The maximum atomic E-state index is 12.5. The maximum Gasteiger partial charge on any atom is 0.257 e. The minimum absolute atomic E-state index is 0.189. The van der Waals surface area contributed by atoms with Gasteiger partial charge in [0.05, 0.1) is 31.5 Å². The lowest BCUT2D eigenvalue weighted by atomic mass is 10.2. The molecule has 1 N–H and O–H groups in total. The Labute approximate surface area is 140 Å². The fraction of sp³-hybridized carbons (Fsp3) is 0.375. The topological polar surface area (TPSA) is 65.4 Å². The van der Waals surface area contributed by atoms with E-state index in [4.69, 9.17) is 21.1 Å². The van der Waals surface area contributed by atoms with Gasteiger partial charge in [0, 0.05) is 11.6 Å². The molecule has 1 amide bonds. The van der Waals surface area contributed by atoms with E-state index in [0.29, 0.717) is 27.9 Å². The summed E-state index contributed by atoms with van der Waals surface area (Å²) in [5.74, 6) is 1.14. The summed E-state index contributed by atoms with van der Waals surface area (Å²) in [4.78, 5) is 12.5. The van der Waals surface area contributed by atoms with Gasteiger partial charge in [-0.2, -0.15) is 5.10 Å². The zero-order valence-corrected chi connectivity index (χ0v) is 14.3. The van der Waals surface area contributed by atoms with Crippen molar-refractivity contribution in [1.29, 1.82) is 0 Å². The zero-order valence-electron chi connectivity index (χ0n) is 13.6. The van der Waals surface area contributed by atoms with Gasteiger partial charge >= 0.3 is 0 Å². The summed E-state index contributed by atoms with van der Waals surface area (Å²) < 4.78 is 12.2. The molecule has 0 aliphatic carbocycles. The van der Waals surface area contributed by atoms with Crippen LogP contribution in [0.5, 0.6) is 11.5 Å². The lowest BCUT2D eigenvalue weighted by Gasteiger charge is -2.15. The number of hydrogen-bond acceptors (Lipinski definition) is 4. The number of ether oxygens (including phenoxy) is 2. The van der Waals surface area contributed by atoms with Crippen molar-refractivity contribution in [2.75, 3.05) is 19.5 Å². The Morgan fingerprint density at radius 2 is 2.13 bits per heavy atom. The zero-order chi connectivity index (χ0) is 17.0. The average molecular weight is 338 g/mol. The fourth-order valence-electron chi connectivity index (χ4n) is 2.17. The number of rotatable bonds is 6. The van der Waals surface area contributed by atoms with E-state index in [-0.39, 0.29) is 11.9 Å². The van der Waals surface area contributed by atoms with Crippen molar-refractivity contribution >= 4 is 23.3 Å². The molecule has 0 saturated heterocycles. The van der Waals surface area contributed by atoms with Gasteiger partial charge in [0.2, 0.25) is 0 Å². The summed E-state index contributed by atoms with van der Waals surface area (Å²) in [7, 11) is 2.99. The van der Waals surface area contributed by atoms with E-state index in [9.17, 15) is 4.79 Å². The molecule has 2 aromatic rings. The summed E-state index contributed by atoms with van der Waals surface area (Å²) in [6.07, 6.45) is 2.57. The predicted molar refractivity (Wildman–Crippen MR) is 89.7 cm³/mol. The number of aromatic nitrogens is 2. The van der Waals surface area contributed by atoms with Crippen molar-refractivity contribution in [3.05, 3.63) is 35.0 Å². The van der Waals surface area contributed by atoms with E-state index in [2.05, 4.69) is 17.3 Å². The van der Waals surface area contributed by atoms with Gasteiger partial charge in [-0.25, -0.2) is 4.68 Å². The lowest BCUT2D eigenvalue weighted by molar-refractivity contribution is 0.102. The highest BCUT2D eigenvalue weighted by atomic mass is 35.5. The Hall–Kier alpha value is -2.21. The molecule has 0 fully saturated rings. The number of anilines is 1. The first kappa shape index (κ1) is 17.1. The van der Waals surface area contributed by atoms with Crippen LogP contribution in [0.1, 0.15) is 36.7 Å². The number of halogens is 1. The summed E-state index contributed by atoms with van der Waals surface area (Å²) in [6.45, 7) is 4.10. The number of benzene rings is 1. The van der Waals surface area contributed by atoms with Crippen molar-refractivity contribution in [1.82, 2.24) is 9.78 Å². The van der Waals surface area contributed by atoms with E-state index in [1.54, 1.807) is 29.1 Å². The summed E-state index contributed by atoms with van der Waals surface area (Å²) in [6, 6.07) is 5.08. The molecular formula is C16H20ClN3O3. The van der Waals surface area contributed by atoms with Gasteiger partial charge in [-0.05, 0) is 25.5 Å². The van der Waals surface area contributed by atoms with Crippen LogP contribution >= 0.6 is 11.6 Å². The third-order valence-electron chi connectivity index (χ3n) is 3.62. The molecule has 1 atom stereocenters. The van der Waals surface area contributed by atoms with Gasteiger partial charge in [-0.1, -0.05) is 18.5 Å². The largest absolute Gasteiger partial charge is 0.493 e. The number of methoxy groups -OCH3 is 2. The minimum atomic E-state index is -0.294. The molecule has 0 spiro atoms. The van der Waals surface area contributed by atoms with Gasteiger partial charge in [0.15, 0.2) is 11.5 Å². The molecule has 23 heavy (non-hydrogen) atoms. The Kier molecular flexibility index (Phi) is 5.50. The van der Waals surface area contributed by atoms with Crippen molar-refractivity contribution in [2.45, 2.75) is 26.3 Å². The van der Waals surface area contributed by atoms with E-state index in [1.807, 2.05) is 6.92 Å². The third-order valence-corrected chi connectivity index (χ3v) is 3.90. The highest BCUT2D eigenvalue weighted by molar-refractivity contribution is 6.32. The van der Waals surface area contributed by atoms with Gasteiger partial charge in [-0.15, -0.1) is 0 Å². The summed E-state index contributed by atoms with van der Waals surface area (Å²) in [5.41, 5.74) is 0.379. The first-order valence-corrected chi connectivity index (χ1v) is 7.66. The van der Waals surface area contributed by atoms with Gasteiger partial charge in [0.1, 0.15) is 5.82 Å². The molecule has 124 valence electrons. The monoisotopic (exact) mass is 337 g/mol. The van der Waals surface area contributed by atoms with Gasteiger partial charge in [0.25, 0.3) is 5.91 Å². The van der Waals surface area contributed by atoms with Crippen LogP contribution in [0, 0.1) is 0 Å². The van der Waals surface area contributed by atoms with Crippen molar-refractivity contribution in [3.63, 3.8) is 0 Å². The molecule has 2 rings (SSSR count). The molecule has 0 bridgehead atoms. The van der Waals surface area contributed by atoms with Crippen molar-refractivity contribution in [2.24, 2.45) is 0 Å². The van der Waals surface area contributed by atoms with Crippen molar-refractivity contribution < 1.29 is 14.3 Å². The van der Waals surface area contributed by atoms with Crippen LogP contribution < -0.4 is 14.8 Å². The van der Waals surface area contributed by atoms with Crippen LogP contribution in [0.15, 0.2) is 24.4 Å². The Bertz CT molecular complexity index is 700. The number of amides is 1. The summed E-state index contributed by atoms with van der Waals surface area (Å²) in [5, 5.41) is 7.40. The third kappa shape index (κ3) is 3.59. The second-order valence-electron chi connectivity index (χ2n) is 5.07. The van der Waals surface area contributed by atoms with Crippen LogP contribution in [-0.2, 0) is 0 Å².